The average Bonchev–Trinajstić information content (AvgIpc) is 3.71. The maximum absolute atomic E-state index is 15.4. The van der Waals surface area contributed by atoms with E-state index in [9.17, 15) is 18.4 Å². The summed E-state index contributed by atoms with van der Waals surface area (Å²) in [6.45, 7) is 4.13. The van der Waals surface area contributed by atoms with Crippen molar-refractivity contribution in [1.82, 2.24) is 14.9 Å². The SMILES string of the molecule is BC(B)(B)n1c(=O)nc(N2CCOCc3c(C#CC(C)(C)NC(=O)C4(C(F)F)CC4)cccc32)c2c(F)cccc21. The van der Waals surface area contributed by atoms with Crippen molar-refractivity contribution in [3.05, 3.63) is 63.8 Å². The molecule has 1 aromatic heterocycles. The fourth-order valence-electron chi connectivity index (χ4n) is 5.17. The first-order valence-corrected chi connectivity index (χ1v) is 13.6. The summed E-state index contributed by atoms with van der Waals surface area (Å²) in [6, 6.07) is 10.1. The molecule has 0 saturated heterocycles. The van der Waals surface area contributed by atoms with Crippen LogP contribution in [0.5, 0.6) is 0 Å². The molecule has 1 fully saturated rings. The number of hydrogen-bond acceptors (Lipinski definition) is 5. The lowest BCUT2D eigenvalue weighted by molar-refractivity contribution is -0.133. The van der Waals surface area contributed by atoms with Gasteiger partial charge in [-0.25, -0.2) is 18.0 Å². The first kappa shape index (κ1) is 28.9. The Hall–Kier alpha value is -3.65. The van der Waals surface area contributed by atoms with Gasteiger partial charge in [0.2, 0.25) is 5.91 Å². The van der Waals surface area contributed by atoms with E-state index < -0.39 is 40.0 Å². The minimum absolute atomic E-state index is 0.156. The standard InChI is InChI=1S/C28H30B3F3N4O3/c1-26(2,36-24(39)27(11-12-27)23(33)34)10-9-16-5-3-7-19-17(16)15-41-14-13-37(19)22-21-18(32)6-4-8-20(21)38(25(40)35-22)28(29,30)31/h3-8,23H,11-15,29-31H2,1-2H3,(H,36,39). The summed E-state index contributed by atoms with van der Waals surface area (Å²) in [4.78, 5) is 32.0. The number of carbonyl (C=O) groups is 1. The van der Waals surface area contributed by atoms with E-state index in [-0.39, 0.29) is 30.7 Å². The number of aromatic nitrogens is 2. The van der Waals surface area contributed by atoms with Crippen LogP contribution in [0.15, 0.2) is 41.2 Å². The molecular weight excluding hydrogens is 530 g/mol. The molecule has 1 amide bonds. The number of nitrogens with zero attached hydrogens (tertiary/aromatic N) is 3. The molecule has 3 aromatic rings. The number of fused-ring (bicyclic) bond motifs is 2. The van der Waals surface area contributed by atoms with Crippen LogP contribution < -0.4 is 15.9 Å². The van der Waals surface area contributed by atoms with Gasteiger partial charge in [0.25, 0.3) is 6.43 Å². The topological polar surface area (TPSA) is 76.5 Å². The molecule has 1 saturated carbocycles. The lowest BCUT2D eigenvalue weighted by Crippen LogP contribution is -2.47. The fourth-order valence-corrected chi connectivity index (χ4v) is 5.17. The Kier molecular flexibility index (Phi) is 7.27. The Morgan fingerprint density at radius 2 is 1.88 bits per heavy atom. The van der Waals surface area contributed by atoms with E-state index in [1.165, 1.54) is 10.6 Å². The van der Waals surface area contributed by atoms with Crippen LogP contribution in [0.25, 0.3) is 10.9 Å². The molecule has 0 radical (unpaired) electrons. The zero-order chi connectivity index (χ0) is 29.7. The molecule has 0 unspecified atom stereocenters. The van der Waals surface area contributed by atoms with Crippen molar-refractivity contribution >= 4 is 51.9 Å². The highest BCUT2D eigenvalue weighted by Gasteiger charge is 2.58. The molecule has 13 heteroatoms. The second-order valence-corrected chi connectivity index (χ2v) is 12.2. The third-order valence-corrected chi connectivity index (χ3v) is 7.52. The van der Waals surface area contributed by atoms with E-state index in [0.29, 0.717) is 35.5 Å². The summed E-state index contributed by atoms with van der Waals surface area (Å²) >= 11 is 0. The highest BCUT2D eigenvalue weighted by Crippen LogP contribution is 2.51. The zero-order valence-corrected chi connectivity index (χ0v) is 23.8. The molecule has 0 spiro atoms. The first-order chi connectivity index (χ1) is 19.2. The van der Waals surface area contributed by atoms with Gasteiger partial charge in [0.15, 0.2) is 5.82 Å². The number of anilines is 2. The number of carbonyl (C=O) groups excluding carboxylic acids is 1. The number of benzene rings is 2. The quantitative estimate of drug-likeness (QED) is 0.372. The second-order valence-electron chi connectivity index (χ2n) is 12.2. The lowest BCUT2D eigenvalue weighted by atomic mass is 9.49. The average molecular weight is 560 g/mol. The van der Waals surface area contributed by atoms with Gasteiger partial charge in [0, 0.05) is 23.4 Å². The molecule has 1 N–H and O–H groups in total. The summed E-state index contributed by atoms with van der Waals surface area (Å²) < 4.78 is 49.6. The first-order valence-electron chi connectivity index (χ1n) is 13.6. The predicted molar refractivity (Wildman–Crippen MR) is 159 cm³/mol. The summed E-state index contributed by atoms with van der Waals surface area (Å²) in [6.07, 6.45) is -2.41. The van der Waals surface area contributed by atoms with Gasteiger partial charge in [-0.05, 0) is 56.2 Å². The van der Waals surface area contributed by atoms with Crippen molar-refractivity contribution in [1.29, 1.82) is 0 Å². The van der Waals surface area contributed by atoms with Crippen LogP contribution >= 0.6 is 0 Å². The maximum Gasteiger partial charge on any atom is 0.348 e. The van der Waals surface area contributed by atoms with Crippen molar-refractivity contribution < 1.29 is 22.7 Å². The van der Waals surface area contributed by atoms with E-state index in [1.54, 1.807) is 43.0 Å². The van der Waals surface area contributed by atoms with Gasteiger partial charge in [-0.2, -0.15) is 4.98 Å². The molecule has 0 bridgehead atoms. The van der Waals surface area contributed by atoms with E-state index >= 15 is 4.39 Å². The second kappa shape index (κ2) is 10.3. The Balaban J connectivity index is 1.57. The summed E-state index contributed by atoms with van der Waals surface area (Å²) in [7, 11) is 5.59. The van der Waals surface area contributed by atoms with Crippen molar-refractivity contribution in [3.8, 4) is 11.8 Å². The van der Waals surface area contributed by atoms with E-state index in [1.807, 2.05) is 29.6 Å². The number of amides is 1. The zero-order valence-electron chi connectivity index (χ0n) is 23.8. The number of halogens is 3. The maximum atomic E-state index is 15.4. The van der Waals surface area contributed by atoms with Crippen molar-refractivity contribution in [3.63, 3.8) is 0 Å². The molecule has 0 atom stereocenters. The molecule has 7 nitrogen and oxygen atoms in total. The number of ether oxygens (including phenoxy) is 1. The van der Waals surface area contributed by atoms with Crippen LogP contribution in [0.4, 0.5) is 24.7 Å². The molecule has 2 aromatic carbocycles. The van der Waals surface area contributed by atoms with Gasteiger partial charge >= 0.3 is 5.69 Å². The van der Waals surface area contributed by atoms with Crippen LogP contribution in [0.2, 0.25) is 0 Å². The van der Waals surface area contributed by atoms with Crippen LogP contribution in [0, 0.1) is 23.1 Å². The smallest absolute Gasteiger partial charge is 0.348 e. The monoisotopic (exact) mass is 560 g/mol. The Morgan fingerprint density at radius 1 is 1.17 bits per heavy atom. The number of nitrogens with one attached hydrogen (secondary N) is 1. The van der Waals surface area contributed by atoms with Crippen LogP contribution in [-0.2, 0) is 21.4 Å². The third kappa shape index (κ3) is 5.37. The summed E-state index contributed by atoms with van der Waals surface area (Å²) in [5, 5.41) is 2.26. The van der Waals surface area contributed by atoms with Crippen LogP contribution in [0.1, 0.15) is 37.8 Å². The number of rotatable bonds is 5. The van der Waals surface area contributed by atoms with E-state index in [4.69, 9.17) is 4.74 Å². The van der Waals surface area contributed by atoms with E-state index in [0.717, 1.165) is 0 Å². The summed E-state index contributed by atoms with van der Waals surface area (Å²) in [5.74, 6) is 5.10. The van der Waals surface area contributed by atoms with Gasteiger partial charge in [0.1, 0.15) is 34.8 Å². The predicted octanol–water partition coefficient (Wildman–Crippen LogP) is 0.963. The molecule has 210 valence electrons. The molecule has 1 aliphatic heterocycles. The molecular formula is C28H30B3F3N4O3. The summed E-state index contributed by atoms with van der Waals surface area (Å²) in [5.41, 5.74) is -0.794. The number of alkyl halides is 2. The Labute approximate surface area is 239 Å². The normalized spacial score (nSPS) is 16.5. The third-order valence-electron chi connectivity index (χ3n) is 7.52. The Morgan fingerprint density at radius 3 is 2.54 bits per heavy atom. The molecule has 41 heavy (non-hydrogen) atoms. The minimum Gasteiger partial charge on any atom is -0.375 e. The van der Waals surface area contributed by atoms with Gasteiger partial charge in [-0.15, -0.1) is 0 Å². The fraction of sp³-hybridized carbons (Fsp3) is 0.393. The molecule has 2 aliphatic rings. The van der Waals surface area contributed by atoms with Gasteiger partial charge in [-0.3, -0.25) is 4.79 Å². The van der Waals surface area contributed by atoms with Crippen molar-refractivity contribution in [2.75, 3.05) is 18.1 Å². The van der Waals surface area contributed by atoms with E-state index in [2.05, 4.69) is 22.1 Å². The van der Waals surface area contributed by atoms with Gasteiger partial charge in [-0.1, -0.05) is 24.0 Å². The highest BCUT2D eigenvalue weighted by atomic mass is 19.3. The Bertz CT molecular complexity index is 1660. The molecule has 2 heterocycles. The lowest BCUT2D eigenvalue weighted by Gasteiger charge is -2.29. The van der Waals surface area contributed by atoms with Crippen molar-refractivity contribution in [2.24, 2.45) is 5.41 Å². The highest BCUT2D eigenvalue weighted by molar-refractivity contribution is 6.56. The molecule has 5 rings (SSSR count). The largest absolute Gasteiger partial charge is 0.375 e. The van der Waals surface area contributed by atoms with Gasteiger partial charge in [0.05, 0.1) is 29.7 Å². The molecule has 1 aliphatic carbocycles. The van der Waals surface area contributed by atoms with Crippen LogP contribution in [-0.4, -0.2) is 64.1 Å². The number of hydrogen-bond donors (Lipinski definition) is 1. The minimum atomic E-state index is -2.72. The van der Waals surface area contributed by atoms with Crippen LogP contribution in [0.3, 0.4) is 0 Å². The van der Waals surface area contributed by atoms with Crippen molar-refractivity contribution in [2.45, 2.75) is 50.5 Å². The van der Waals surface area contributed by atoms with Gasteiger partial charge < -0.3 is 19.5 Å².